The van der Waals surface area contributed by atoms with E-state index in [0.717, 1.165) is 7.05 Å². The Morgan fingerprint density at radius 2 is 2.22 bits per heavy atom. The number of pyridine rings is 1. The van der Waals surface area contributed by atoms with Crippen LogP contribution in [-0.2, 0) is 4.79 Å². The predicted octanol–water partition coefficient (Wildman–Crippen LogP) is 0.985. The number of anilines is 1. The van der Waals surface area contributed by atoms with E-state index in [2.05, 4.69) is 20.6 Å². The third-order valence-corrected chi connectivity index (χ3v) is 4.04. The van der Waals surface area contributed by atoms with Crippen LogP contribution in [0.25, 0.3) is 0 Å². The third-order valence-electron chi connectivity index (χ3n) is 4.04. The molecule has 1 unspecified atom stereocenters. The lowest BCUT2D eigenvalue weighted by Crippen LogP contribution is -2.48. The van der Waals surface area contributed by atoms with Gasteiger partial charge in [-0.05, 0) is 18.6 Å². The van der Waals surface area contributed by atoms with Gasteiger partial charge in [-0.2, -0.15) is 13.2 Å². The van der Waals surface area contributed by atoms with Crippen molar-refractivity contribution in [3.63, 3.8) is 0 Å². The molecule has 1 saturated heterocycles. The zero-order chi connectivity index (χ0) is 20.0. The Balaban J connectivity index is 1.82. The lowest BCUT2D eigenvalue weighted by Gasteiger charge is -2.21. The molecule has 0 spiro atoms. The molecule has 27 heavy (non-hydrogen) atoms. The maximum Gasteiger partial charge on any atom is 0.406 e. The minimum Gasteiger partial charge on any atom is -0.352 e. The average molecular weight is 390 g/mol. The molecule has 1 aliphatic heterocycles. The number of aromatic nitrogens is 1. The van der Waals surface area contributed by atoms with E-state index in [0.29, 0.717) is 24.4 Å². The lowest BCUT2D eigenvalue weighted by atomic mass is 10.3. The Labute approximate surface area is 154 Å². The second kappa shape index (κ2) is 8.87. The monoisotopic (exact) mass is 390 g/mol. The van der Waals surface area contributed by atoms with E-state index in [9.17, 15) is 22.4 Å². The van der Waals surface area contributed by atoms with Gasteiger partial charge in [-0.3, -0.25) is 9.79 Å². The van der Waals surface area contributed by atoms with Crippen molar-refractivity contribution in [2.45, 2.75) is 18.6 Å². The number of carbonyl (C=O) groups excluding carboxylic acids is 1. The first-order valence-corrected chi connectivity index (χ1v) is 8.33. The predicted molar refractivity (Wildman–Crippen MR) is 93.0 cm³/mol. The number of rotatable bonds is 5. The van der Waals surface area contributed by atoms with Gasteiger partial charge in [-0.1, -0.05) is 0 Å². The fourth-order valence-electron chi connectivity index (χ4n) is 2.72. The number of hydrogen-bond acceptors (Lipinski definition) is 4. The first-order chi connectivity index (χ1) is 12.7. The lowest BCUT2D eigenvalue weighted by molar-refractivity contribution is -0.157. The maximum atomic E-state index is 13.8. The number of amides is 1. The molecular formula is C16H22F4N6O. The van der Waals surface area contributed by atoms with Crippen molar-refractivity contribution in [3.8, 4) is 0 Å². The first-order valence-electron chi connectivity index (χ1n) is 8.33. The van der Waals surface area contributed by atoms with Crippen LogP contribution in [0.4, 0.5) is 23.4 Å². The largest absolute Gasteiger partial charge is 0.406 e. The minimum absolute atomic E-state index is 0.0689. The standard InChI is InChI=1S/C16H22F4N6O/c1-21-15(23-8-13(27)25(2)10-16(18,19)20)24-11-5-7-26(9-11)14-12(17)4-3-6-22-14/h3-4,6,11H,5,7-10H2,1-2H3,(H2,21,23,24). The number of likely N-dealkylation sites (N-methyl/N-ethyl adjacent to an activating group) is 1. The molecule has 7 nitrogen and oxygen atoms in total. The fourth-order valence-corrected chi connectivity index (χ4v) is 2.72. The van der Waals surface area contributed by atoms with Crippen molar-refractivity contribution in [2.75, 3.05) is 45.2 Å². The van der Waals surface area contributed by atoms with E-state index in [1.807, 2.05) is 0 Å². The van der Waals surface area contributed by atoms with Crippen molar-refractivity contribution in [1.29, 1.82) is 0 Å². The van der Waals surface area contributed by atoms with Crippen LogP contribution in [0.1, 0.15) is 6.42 Å². The number of aliphatic imine (C=N–C) groups is 1. The average Bonchev–Trinajstić information content (AvgIpc) is 3.05. The molecule has 1 aliphatic rings. The van der Waals surface area contributed by atoms with Gasteiger partial charge in [0.15, 0.2) is 17.6 Å². The highest BCUT2D eigenvalue weighted by Crippen LogP contribution is 2.20. The highest BCUT2D eigenvalue weighted by molar-refractivity contribution is 5.86. The fraction of sp³-hybridized carbons (Fsp3) is 0.562. The quantitative estimate of drug-likeness (QED) is 0.446. The van der Waals surface area contributed by atoms with Crippen molar-refractivity contribution >= 4 is 17.7 Å². The zero-order valence-electron chi connectivity index (χ0n) is 15.1. The molecule has 0 aliphatic carbocycles. The van der Waals surface area contributed by atoms with E-state index < -0.39 is 24.4 Å². The van der Waals surface area contributed by atoms with Gasteiger partial charge in [0.2, 0.25) is 5.91 Å². The van der Waals surface area contributed by atoms with Gasteiger partial charge in [-0.25, -0.2) is 9.37 Å². The number of nitrogens with one attached hydrogen (secondary N) is 2. The summed E-state index contributed by atoms with van der Waals surface area (Å²) < 4.78 is 50.8. The number of alkyl halides is 3. The highest BCUT2D eigenvalue weighted by Gasteiger charge is 2.31. The van der Waals surface area contributed by atoms with Gasteiger partial charge in [-0.15, -0.1) is 0 Å². The van der Waals surface area contributed by atoms with E-state index in [4.69, 9.17) is 0 Å². The Bertz CT molecular complexity index is 681. The molecule has 0 aromatic carbocycles. The molecule has 2 N–H and O–H groups in total. The van der Waals surface area contributed by atoms with Gasteiger partial charge in [0.25, 0.3) is 0 Å². The van der Waals surface area contributed by atoms with Crippen LogP contribution in [0.5, 0.6) is 0 Å². The molecule has 0 saturated carbocycles. The molecule has 1 amide bonds. The molecule has 0 radical (unpaired) electrons. The van der Waals surface area contributed by atoms with Crippen LogP contribution in [-0.4, -0.2) is 74.2 Å². The summed E-state index contributed by atoms with van der Waals surface area (Å²) in [5.41, 5.74) is 0. The molecule has 1 aromatic heterocycles. The van der Waals surface area contributed by atoms with Crippen LogP contribution in [0, 0.1) is 5.82 Å². The number of guanidine groups is 1. The Kier molecular flexibility index (Phi) is 6.81. The molecular weight excluding hydrogens is 368 g/mol. The summed E-state index contributed by atoms with van der Waals surface area (Å²) >= 11 is 0. The van der Waals surface area contributed by atoms with Crippen LogP contribution in [0.3, 0.4) is 0 Å². The summed E-state index contributed by atoms with van der Waals surface area (Å²) in [5.74, 6) is -0.552. The van der Waals surface area contributed by atoms with Crippen molar-refractivity contribution in [2.24, 2.45) is 4.99 Å². The Hall–Kier alpha value is -2.59. The molecule has 11 heteroatoms. The SMILES string of the molecule is CN=C(NCC(=O)N(C)CC(F)(F)F)NC1CCN(c2ncccc2F)C1. The van der Waals surface area contributed by atoms with E-state index in [1.54, 1.807) is 4.90 Å². The van der Waals surface area contributed by atoms with Crippen LogP contribution >= 0.6 is 0 Å². The van der Waals surface area contributed by atoms with Crippen molar-refractivity contribution in [3.05, 3.63) is 24.1 Å². The topological polar surface area (TPSA) is 72.9 Å². The molecule has 2 heterocycles. The molecule has 150 valence electrons. The Morgan fingerprint density at radius 3 is 2.85 bits per heavy atom. The second-order valence-corrected chi connectivity index (χ2v) is 6.18. The molecule has 0 bridgehead atoms. The zero-order valence-corrected chi connectivity index (χ0v) is 15.1. The third kappa shape index (κ3) is 6.26. The van der Waals surface area contributed by atoms with Gasteiger partial charge >= 0.3 is 6.18 Å². The van der Waals surface area contributed by atoms with Gasteiger partial charge in [0.05, 0.1) is 6.54 Å². The number of halogens is 4. The molecule has 1 fully saturated rings. The summed E-state index contributed by atoms with van der Waals surface area (Å²) in [7, 11) is 2.58. The molecule has 2 rings (SSSR count). The van der Waals surface area contributed by atoms with Gasteiger partial charge in [0, 0.05) is 39.4 Å². The van der Waals surface area contributed by atoms with E-state index in [1.165, 1.54) is 25.4 Å². The van der Waals surface area contributed by atoms with Crippen LogP contribution < -0.4 is 15.5 Å². The van der Waals surface area contributed by atoms with Crippen molar-refractivity contribution in [1.82, 2.24) is 20.5 Å². The first kappa shape index (κ1) is 20.7. The van der Waals surface area contributed by atoms with E-state index >= 15 is 0 Å². The summed E-state index contributed by atoms with van der Waals surface area (Å²) in [6.45, 7) is -0.559. The summed E-state index contributed by atoms with van der Waals surface area (Å²) in [4.78, 5) is 22.2. The number of hydrogen-bond donors (Lipinski definition) is 2. The van der Waals surface area contributed by atoms with Crippen molar-refractivity contribution < 1.29 is 22.4 Å². The maximum absolute atomic E-state index is 13.8. The summed E-state index contributed by atoms with van der Waals surface area (Å²) in [5, 5.41) is 5.78. The van der Waals surface area contributed by atoms with E-state index in [-0.39, 0.29) is 24.4 Å². The minimum atomic E-state index is -4.45. The summed E-state index contributed by atoms with van der Waals surface area (Å²) in [6, 6.07) is 2.79. The van der Waals surface area contributed by atoms with Crippen LogP contribution in [0.2, 0.25) is 0 Å². The van der Waals surface area contributed by atoms with Gasteiger partial charge in [0.1, 0.15) is 6.54 Å². The highest BCUT2D eigenvalue weighted by atomic mass is 19.4. The van der Waals surface area contributed by atoms with Crippen LogP contribution in [0.15, 0.2) is 23.3 Å². The Morgan fingerprint density at radius 1 is 1.48 bits per heavy atom. The molecule has 1 atom stereocenters. The summed E-state index contributed by atoms with van der Waals surface area (Å²) in [6.07, 6.45) is -2.24. The normalized spacial score (nSPS) is 17.8. The number of carbonyl (C=O) groups is 1. The second-order valence-electron chi connectivity index (χ2n) is 6.18. The molecule has 1 aromatic rings. The number of nitrogens with zero attached hydrogens (tertiary/aromatic N) is 4. The smallest absolute Gasteiger partial charge is 0.352 e. The van der Waals surface area contributed by atoms with Gasteiger partial charge < -0.3 is 20.4 Å².